The minimum Gasteiger partial charge on any atom is -0.497 e. The van der Waals surface area contributed by atoms with Crippen molar-refractivity contribution in [2.45, 2.75) is 77.9 Å². The van der Waals surface area contributed by atoms with Crippen molar-refractivity contribution in [3.63, 3.8) is 0 Å². The number of amides is 2. The van der Waals surface area contributed by atoms with Crippen LogP contribution in [-0.4, -0.2) is 50.9 Å². The number of benzene rings is 3. The van der Waals surface area contributed by atoms with E-state index in [0.29, 0.717) is 17.9 Å². The van der Waals surface area contributed by atoms with Crippen LogP contribution in [0.2, 0.25) is 0 Å². The van der Waals surface area contributed by atoms with Gasteiger partial charge in [-0.1, -0.05) is 55.8 Å². The fraction of sp³-hybridized carbons (Fsp3) is 0.394. The Bertz CT molecular complexity index is 1490. The maximum Gasteiger partial charge on any atom is 0.264 e. The lowest BCUT2D eigenvalue weighted by Crippen LogP contribution is -2.53. The van der Waals surface area contributed by atoms with Gasteiger partial charge in [0, 0.05) is 12.6 Å². The van der Waals surface area contributed by atoms with Gasteiger partial charge in [0.05, 0.1) is 17.7 Å². The average Bonchev–Trinajstić information content (AvgIpc) is 2.97. The molecule has 0 aliphatic heterocycles. The van der Waals surface area contributed by atoms with Gasteiger partial charge in [0.2, 0.25) is 11.8 Å². The fourth-order valence-corrected chi connectivity index (χ4v) is 6.16. The maximum absolute atomic E-state index is 14.3. The summed E-state index contributed by atoms with van der Waals surface area (Å²) in [5.74, 6) is -0.140. The summed E-state index contributed by atoms with van der Waals surface area (Å²) in [5.41, 5.74) is 3.75. The SMILES string of the molecule is CC[C@H](C)NC(=O)[C@H](CC)N(Cc1cccc(OC)c1)C(=O)CN(c1cccc(C)c1C)S(=O)(=O)c1ccc(C)cc1. The Morgan fingerprint density at radius 1 is 0.929 bits per heavy atom. The molecular weight excluding hydrogens is 550 g/mol. The number of nitrogens with zero attached hydrogens (tertiary/aromatic N) is 2. The first-order valence-electron chi connectivity index (χ1n) is 14.3. The van der Waals surface area contributed by atoms with Gasteiger partial charge < -0.3 is 15.0 Å². The lowest BCUT2D eigenvalue weighted by atomic mass is 10.1. The molecule has 9 heteroatoms. The first kappa shape index (κ1) is 32.7. The van der Waals surface area contributed by atoms with Crippen LogP contribution in [0.1, 0.15) is 55.9 Å². The Hall–Kier alpha value is -3.85. The van der Waals surface area contributed by atoms with Gasteiger partial charge in [-0.25, -0.2) is 8.42 Å². The third-order valence-electron chi connectivity index (χ3n) is 7.61. The molecule has 0 radical (unpaired) electrons. The van der Waals surface area contributed by atoms with E-state index in [0.717, 1.165) is 28.7 Å². The van der Waals surface area contributed by atoms with E-state index in [4.69, 9.17) is 4.74 Å². The average molecular weight is 594 g/mol. The molecule has 0 aliphatic rings. The number of aryl methyl sites for hydroxylation is 2. The molecule has 0 unspecified atom stereocenters. The minimum atomic E-state index is -4.13. The Morgan fingerprint density at radius 2 is 1.60 bits per heavy atom. The highest BCUT2D eigenvalue weighted by atomic mass is 32.2. The monoisotopic (exact) mass is 593 g/mol. The predicted molar refractivity (Wildman–Crippen MR) is 167 cm³/mol. The quantitative estimate of drug-likeness (QED) is 0.281. The van der Waals surface area contributed by atoms with Crippen LogP contribution < -0.4 is 14.4 Å². The molecule has 3 rings (SSSR count). The van der Waals surface area contributed by atoms with E-state index in [9.17, 15) is 18.0 Å². The molecule has 0 saturated heterocycles. The molecule has 0 aliphatic carbocycles. The number of anilines is 1. The number of carbonyl (C=O) groups is 2. The molecule has 0 heterocycles. The lowest BCUT2D eigenvalue weighted by Gasteiger charge is -2.34. The Morgan fingerprint density at radius 3 is 2.21 bits per heavy atom. The molecule has 42 heavy (non-hydrogen) atoms. The highest BCUT2D eigenvalue weighted by molar-refractivity contribution is 7.92. The van der Waals surface area contributed by atoms with E-state index in [2.05, 4.69) is 5.32 Å². The molecule has 2 amide bonds. The smallest absolute Gasteiger partial charge is 0.264 e. The summed E-state index contributed by atoms with van der Waals surface area (Å²) in [7, 11) is -2.57. The summed E-state index contributed by atoms with van der Waals surface area (Å²) in [6.45, 7) is 11.0. The van der Waals surface area contributed by atoms with Gasteiger partial charge in [-0.15, -0.1) is 0 Å². The molecule has 0 bridgehead atoms. The Kier molecular flexibility index (Phi) is 11.2. The van der Waals surface area contributed by atoms with Gasteiger partial charge in [0.25, 0.3) is 10.0 Å². The van der Waals surface area contributed by atoms with Gasteiger partial charge in [0.15, 0.2) is 0 Å². The van der Waals surface area contributed by atoms with Crippen LogP contribution in [0.25, 0.3) is 0 Å². The normalized spacial score (nSPS) is 12.7. The second kappa shape index (κ2) is 14.4. The van der Waals surface area contributed by atoms with Gasteiger partial charge in [-0.05, 0) is 87.6 Å². The molecular formula is C33H43N3O5S. The molecule has 3 aromatic rings. The zero-order valence-electron chi connectivity index (χ0n) is 25.7. The zero-order chi connectivity index (χ0) is 31.0. The summed E-state index contributed by atoms with van der Waals surface area (Å²) in [6.07, 6.45) is 1.09. The number of hydrogen-bond acceptors (Lipinski definition) is 5. The molecule has 0 fully saturated rings. The van der Waals surface area contributed by atoms with Gasteiger partial charge >= 0.3 is 0 Å². The molecule has 1 N–H and O–H groups in total. The van der Waals surface area contributed by atoms with Gasteiger partial charge in [-0.3, -0.25) is 13.9 Å². The number of hydrogen-bond donors (Lipinski definition) is 1. The van der Waals surface area contributed by atoms with E-state index in [1.165, 1.54) is 9.21 Å². The van der Waals surface area contributed by atoms with E-state index >= 15 is 0 Å². The summed E-state index contributed by atoms with van der Waals surface area (Å²) < 4.78 is 34.8. The summed E-state index contributed by atoms with van der Waals surface area (Å²) >= 11 is 0. The topological polar surface area (TPSA) is 96.0 Å². The lowest BCUT2D eigenvalue weighted by molar-refractivity contribution is -0.140. The van der Waals surface area contributed by atoms with Crippen molar-refractivity contribution in [3.8, 4) is 5.75 Å². The maximum atomic E-state index is 14.3. The number of rotatable bonds is 13. The molecule has 226 valence electrons. The number of nitrogens with one attached hydrogen (secondary N) is 1. The number of ether oxygens (including phenoxy) is 1. The van der Waals surface area contributed by atoms with Gasteiger partial charge in [0.1, 0.15) is 18.3 Å². The fourth-order valence-electron chi connectivity index (χ4n) is 4.68. The van der Waals surface area contributed by atoms with Crippen LogP contribution in [0, 0.1) is 20.8 Å². The van der Waals surface area contributed by atoms with Crippen LogP contribution in [0.3, 0.4) is 0 Å². The third-order valence-corrected chi connectivity index (χ3v) is 9.38. The van der Waals surface area contributed by atoms with Crippen molar-refractivity contribution in [2.75, 3.05) is 18.0 Å². The van der Waals surface area contributed by atoms with Crippen molar-refractivity contribution in [3.05, 3.63) is 89.0 Å². The number of methoxy groups -OCH3 is 1. The van der Waals surface area contributed by atoms with Crippen LogP contribution in [0.15, 0.2) is 71.6 Å². The summed E-state index contributed by atoms with van der Waals surface area (Å²) in [5, 5.41) is 3.00. The van der Waals surface area contributed by atoms with Crippen molar-refractivity contribution in [2.24, 2.45) is 0 Å². The van der Waals surface area contributed by atoms with Crippen LogP contribution in [0.5, 0.6) is 5.75 Å². The zero-order valence-corrected chi connectivity index (χ0v) is 26.5. The summed E-state index contributed by atoms with van der Waals surface area (Å²) in [6, 6.07) is 18.4. The van der Waals surface area contributed by atoms with Crippen molar-refractivity contribution in [1.29, 1.82) is 0 Å². The second-order valence-electron chi connectivity index (χ2n) is 10.7. The molecule has 2 atom stereocenters. The first-order valence-corrected chi connectivity index (χ1v) is 15.7. The van der Waals surface area contributed by atoms with E-state index < -0.39 is 28.5 Å². The van der Waals surface area contributed by atoms with Crippen LogP contribution in [-0.2, 0) is 26.2 Å². The Balaban J connectivity index is 2.11. The Labute approximate surface area is 250 Å². The van der Waals surface area contributed by atoms with Crippen molar-refractivity contribution >= 4 is 27.5 Å². The first-order chi connectivity index (χ1) is 19.9. The minimum absolute atomic E-state index is 0.0753. The van der Waals surface area contributed by atoms with Gasteiger partial charge in [-0.2, -0.15) is 0 Å². The standard InChI is InChI=1S/C33H43N3O5S/c1-8-25(5)34-33(38)30(9-2)35(21-27-13-11-14-28(20-27)41-7)32(37)22-36(31-15-10-12-24(4)26(31)6)42(39,40)29-18-16-23(3)17-19-29/h10-20,25,30H,8-9,21-22H2,1-7H3,(H,34,38)/t25-,30-/m0/s1. The van der Waals surface area contributed by atoms with E-state index in [1.807, 2.05) is 65.8 Å². The largest absolute Gasteiger partial charge is 0.497 e. The molecule has 0 saturated carbocycles. The molecule has 8 nitrogen and oxygen atoms in total. The molecule has 0 aromatic heterocycles. The second-order valence-corrected chi connectivity index (χ2v) is 12.5. The highest BCUT2D eigenvalue weighted by Gasteiger charge is 2.34. The third kappa shape index (κ3) is 7.70. The predicted octanol–water partition coefficient (Wildman–Crippen LogP) is 5.54. The number of carbonyl (C=O) groups excluding carboxylic acids is 2. The highest BCUT2D eigenvalue weighted by Crippen LogP contribution is 2.29. The van der Waals surface area contributed by atoms with E-state index in [1.54, 1.807) is 49.6 Å². The molecule has 3 aromatic carbocycles. The van der Waals surface area contributed by atoms with Crippen molar-refractivity contribution < 1.29 is 22.7 Å². The van der Waals surface area contributed by atoms with Crippen LogP contribution >= 0.6 is 0 Å². The number of sulfonamides is 1. The van der Waals surface area contributed by atoms with Crippen molar-refractivity contribution in [1.82, 2.24) is 10.2 Å². The molecule has 0 spiro atoms. The van der Waals surface area contributed by atoms with Crippen LogP contribution in [0.4, 0.5) is 5.69 Å². The summed E-state index contributed by atoms with van der Waals surface area (Å²) in [4.78, 5) is 29.3. The van der Waals surface area contributed by atoms with E-state index in [-0.39, 0.29) is 23.4 Å².